The summed E-state index contributed by atoms with van der Waals surface area (Å²) in [6.07, 6.45) is -0.540. The van der Waals surface area contributed by atoms with Crippen LogP contribution >= 0.6 is 0 Å². The van der Waals surface area contributed by atoms with E-state index in [9.17, 15) is 4.79 Å². The van der Waals surface area contributed by atoms with Gasteiger partial charge in [-0.05, 0) is 75.9 Å². The number of nitrogens with one attached hydrogen (secondary N) is 1. The van der Waals surface area contributed by atoms with Crippen LogP contribution in [0.15, 0.2) is 36.4 Å². The van der Waals surface area contributed by atoms with Crippen molar-refractivity contribution in [3.8, 4) is 5.75 Å². The zero-order valence-electron chi connectivity index (χ0n) is 15.4. The quantitative estimate of drug-likeness (QED) is 0.875. The van der Waals surface area contributed by atoms with Gasteiger partial charge in [0.05, 0.1) is 6.04 Å². The van der Waals surface area contributed by atoms with Gasteiger partial charge in [-0.15, -0.1) is 0 Å². The second kappa shape index (κ2) is 7.52. The van der Waals surface area contributed by atoms with Crippen molar-refractivity contribution in [1.29, 1.82) is 0 Å². The van der Waals surface area contributed by atoms with Crippen LogP contribution in [0.5, 0.6) is 5.75 Å². The summed E-state index contributed by atoms with van der Waals surface area (Å²) in [7, 11) is 0. The highest BCUT2D eigenvalue weighted by Crippen LogP contribution is 2.22. The van der Waals surface area contributed by atoms with Crippen molar-refractivity contribution in [2.45, 2.75) is 53.7 Å². The molecule has 1 N–H and O–H groups in total. The number of carbonyl (C=O) groups excluding carboxylic acids is 1. The van der Waals surface area contributed by atoms with E-state index in [-0.39, 0.29) is 11.9 Å². The molecule has 0 radical (unpaired) electrons. The number of hydrogen-bond donors (Lipinski definition) is 1. The molecule has 2 rings (SSSR count). The Hall–Kier alpha value is -2.29. The van der Waals surface area contributed by atoms with Crippen LogP contribution in [-0.2, 0) is 4.79 Å². The average Bonchev–Trinajstić information content (AvgIpc) is 2.52. The highest BCUT2D eigenvalue weighted by Gasteiger charge is 2.19. The molecule has 0 saturated carbocycles. The Bertz CT molecular complexity index is 719. The third kappa shape index (κ3) is 4.38. The van der Waals surface area contributed by atoms with Gasteiger partial charge < -0.3 is 10.1 Å². The first kappa shape index (κ1) is 18.1. The Balaban J connectivity index is 2.03. The molecule has 2 atom stereocenters. The highest BCUT2D eigenvalue weighted by molar-refractivity contribution is 5.81. The molecule has 24 heavy (non-hydrogen) atoms. The maximum Gasteiger partial charge on any atom is 0.261 e. The largest absolute Gasteiger partial charge is 0.481 e. The maximum absolute atomic E-state index is 12.4. The standard InChI is InChI=1S/C21H27NO2/c1-13-7-9-19(10-8-13)24-18(6)21(23)22-17(5)20-12-15(3)14(2)11-16(20)4/h7-12,17-18H,1-6H3,(H,22,23)/t17-,18-/m1/s1. The van der Waals surface area contributed by atoms with E-state index in [2.05, 4.69) is 38.2 Å². The van der Waals surface area contributed by atoms with Gasteiger partial charge >= 0.3 is 0 Å². The van der Waals surface area contributed by atoms with Gasteiger partial charge in [0.25, 0.3) is 5.91 Å². The minimum Gasteiger partial charge on any atom is -0.481 e. The fraction of sp³-hybridized carbons (Fsp3) is 0.381. The summed E-state index contributed by atoms with van der Waals surface area (Å²) in [6, 6.07) is 12.0. The van der Waals surface area contributed by atoms with E-state index in [4.69, 9.17) is 4.74 Å². The molecule has 2 aromatic carbocycles. The number of rotatable bonds is 5. The molecule has 0 bridgehead atoms. The van der Waals surface area contributed by atoms with Crippen molar-refractivity contribution < 1.29 is 9.53 Å². The molecule has 0 aliphatic rings. The molecule has 0 aromatic heterocycles. The monoisotopic (exact) mass is 325 g/mol. The SMILES string of the molecule is Cc1ccc(O[C@H](C)C(=O)N[C@H](C)c2cc(C)c(C)cc2C)cc1. The van der Waals surface area contributed by atoms with E-state index < -0.39 is 6.10 Å². The number of carbonyl (C=O) groups is 1. The first-order chi connectivity index (χ1) is 11.3. The van der Waals surface area contributed by atoms with Gasteiger partial charge in [-0.1, -0.05) is 29.8 Å². The maximum atomic E-state index is 12.4. The predicted octanol–water partition coefficient (Wildman–Crippen LogP) is 4.56. The average molecular weight is 325 g/mol. The van der Waals surface area contributed by atoms with Crippen molar-refractivity contribution in [3.63, 3.8) is 0 Å². The Morgan fingerprint density at radius 2 is 1.50 bits per heavy atom. The molecule has 128 valence electrons. The Labute approximate surface area is 145 Å². The zero-order chi connectivity index (χ0) is 17.9. The van der Waals surface area contributed by atoms with Crippen molar-refractivity contribution >= 4 is 5.91 Å². The first-order valence-electron chi connectivity index (χ1n) is 8.39. The Morgan fingerprint density at radius 3 is 2.12 bits per heavy atom. The number of aryl methyl sites for hydroxylation is 4. The van der Waals surface area contributed by atoms with Crippen molar-refractivity contribution in [2.75, 3.05) is 0 Å². The molecule has 2 aromatic rings. The van der Waals surface area contributed by atoms with E-state index in [0.29, 0.717) is 5.75 Å². The lowest BCUT2D eigenvalue weighted by atomic mass is 9.96. The van der Waals surface area contributed by atoms with Crippen LogP contribution in [-0.4, -0.2) is 12.0 Å². The van der Waals surface area contributed by atoms with Gasteiger partial charge in [-0.25, -0.2) is 0 Å². The summed E-state index contributed by atoms with van der Waals surface area (Å²) in [5.74, 6) is 0.596. The third-order valence-corrected chi connectivity index (χ3v) is 4.41. The molecule has 0 spiro atoms. The zero-order valence-corrected chi connectivity index (χ0v) is 15.4. The predicted molar refractivity (Wildman–Crippen MR) is 98.5 cm³/mol. The van der Waals surface area contributed by atoms with Crippen molar-refractivity contribution in [1.82, 2.24) is 5.32 Å². The van der Waals surface area contributed by atoms with E-state index in [0.717, 1.165) is 5.56 Å². The van der Waals surface area contributed by atoms with Crippen LogP contribution in [0.4, 0.5) is 0 Å². The lowest BCUT2D eigenvalue weighted by molar-refractivity contribution is -0.127. The summed E-state index contributed by atoms with van der Waals surface area (Å²) < 4.78 is 5.73. The topological polar surface area (TPSA) is 38.3 Å². The fourth-order valence-electron chi connectivity index (χ4n) is 2.73. The first-order valence-corrected chi connectivity index (χ1v) is 8.39. The fourth-order valence-corrected chi connectivity index (χ4v) is 2.73. The number of amides is 1. The van der Waals surface area contributed by atoms with E-state index in [1.807, 2.05) is 38.1 Å². The smallest absolute Gasteiger partial charge is 0.261 e. The van der Waals surface area contributed by atoms with Gasteiger partial charge in [0.1, 0.15) is 5.75 Å². The summed E-state index contributed by atoms with van der Waals surface area (Å²) in [6.45, 7) is 12.1. The summed E-state index contributed by atoms with van der Waals surface area (Å²) >= 11 is 0. The van der Waals surface area contributed by atoms with E-state index >= 15 is 0 Å². The number of benzene rings is 2. The summed E-state index contributed by atoms with van der Waals surface area (Å²) in [4.78, 5) is 12.4. The second-order valence-corrected chi connectivity index (χ2v) is 6.60. The highest BCUT2D eigenvalue weighted by atomic mass is 16.5. The molecule has 0 fully saturated rings. The summed E-state index contributed by atoms with van der Waals surface area (Å²) in [5.41, 5.74) is 6.01. The van der Waals surface area contributed by atoms with Crippen LogP contribution in [0.2, 0.25) is 0 Å². The molecular formula is C21H27NO2. The molecular weight excluding hydrogens is 298 g/mol. The minimum atomic E-state index is -0.540. The molecule has 3 heteroatoms. The Morgan fingerprint density at radius 1 is 0.917 bits per heavy atom. The minimum absolute atomic E-state index is 0.0548. The molecule has 0 saturated heterocycles. The molecule has 0 heterocycles. The van der Waals surface area contributed by atoms with Crippen LogP contribution < -0.4 is 10.1 Å². The van der Waals surface area contributed by atoms with Gasteiger partial charge in [0.15, 0.2) is 6.10 Å². The number of hydrogen-bond acceptors (Lipinski definition) is 2. The van der Waals surface area contributed by atoms with Crippen LogP contribution in [0.3, 0.4) is 0 Å². The van der Waals surface area contributed by atoms with Gasteiger partial charge in [0, 0.05) is 0 Å². The number of ether oxygens (including phenoxy) is 1. The van der Waals surface area contributed by atoms with Crippen molar-refractivity contribution in [2.24, 2.45) is 0 Å². The lowest BCUT2D eigenvalue weighted by Gasteiger charge is -2.21. The second-order valence-electron chi connectivity index (χ2n) is 6.60. The van der Waals surface area contributed by atoms with Crippen molar-refractivity contribution in [3.05, 3.63) is 64.2 Å². The molecule has 1 amide bonds. The van der Waals surface area contributed by atoms with Crippen LogP contribution in [0.25, 0.3) is 0 Å². The van der Waals surface area contributed by atoms with Gasteiger partial charge in [-0.3, -0.25) is 4.79 Å². The third-order valence-electron chi connectivity index (χ3n) is 4.41. The van der Waals surface area contributed by atoms with E-state index in [1.54, 1.807) is 6.92 Å². The van der Waals surface area contributed by atoms with Crippen LogP contribution in [0.1, 0.15) is 47.7 Å². The Kier molecular flexibility index (Phi) is 5.66. The lowest BCUT2D eigenvalue weighted by Crippen LogP contribution is -2.38. The van der Waals surface area contributed by atoms with Gasteiger partial charge in [0.2, 0.25) is 0 Å². The van der Waals surface area contributed by atoms with E-state index in [1.165, 1.54) is 22.3 Å². The summed E-state index contributed by atoms with van der Waals surface area (Å²) in [5, 5.41) is 3.05. The normalized spacial score (nSPS) is 13.2. The molecule has 3 nitrogen and oxygen atoms in total. The molecule has 0 aliphatic carbocycles. The van der Waals surface area contributed by atoms with Crippen LogP contribution in [0, 0.1) is 27.7 Å². The molecule has 0 unspecified atom stereocenters. The molecule has 0 aliphatic heterocycles. The van der Waals surface area contributed by atoms with Gasteiger partial charge in [-0.2, -0.15) is 0 Å².